The number of carboxylic acid groups (broad SMARTS) is 1. The van der Waals surface area contributed by atoms with Gasteiger partial charge >= 0.3 is 5.97 Å². The van der Waals surface area contributed by atoms with Gasteiger partial charge in [0.25, 0.3) is 0 Å². The van der Waals surface area contributed by atoms with Crippen LogP contribution in [0.2, 0.25) is 0 Å². The summed E-state index contributed by atoms with van der Waals surface area (Å²) in [5.41, 5.74) is 1.03. The highest BCUT2D eigenvalue weighted by Gasteiger charge is 2.13. The van der Waals surface area contributed by atoms with Crippen molar-refractivity contribution in [3.8, 4) is 0 Å². The number of carboxylic acids is 1. The Hall–Kier alpha value is -2.16. The number of aryl methyl sites for hydroxylation is 1. The minimum absolute atomic E-state index is 0.0688. The molecule has 0 aliphatic rings. The number of hydrogen-bond donors (Lipinski definition) is 1. The van der Waals surface area contributed by atoms with Crippen molar-refractivity contribution >= 4 is 22.5 Å². The van der Waals surface area contributed by atoms with Gasteiger partial charge in [0.15, 0.2) is 0 Å². The largest absolute Gasteiger partial charge is 0.478 e. The Bertz CT molecular complexity index is 614. The standard InChI is InChI=1S/C15H14O3/c1-10(16)6-8-13-12-5-3-2-4-11(12)7-9-14(13)15(17)18/h2-5,7,9H,6,8H2,1H3,(H,17,18). The van der Waals surface area contributed by atoms with E-state index in [1.807, 2.05) is 24.3 Å². The maximum Gasteiger partial charge on any atom is 0.335 e. The van der Waals surface area contributed by atoms with Gasteiger partial charge in [-0.05, 0) is 35.7 Å². The van der Waals surface area contributed by atoms with Crippen LogP contribution in [-0.4, -0.2) is 16.9 Å². The maximum atomic E-state index is 11.2. The fourth-order valence-electron chi connectivity index (χ4n) is 2.11. The van der Waals surface area contributed by atoms with Crippen LogP contribution in [0.15, 0.2) is 36.4 Å². The van der Waals surface area contributed by atoms with E-state index in [2.05, 4.69) is 0 Å². The predicted octanol–water partition coefficient (Wildman–Crippen LogP) is 3.06. The second kappa shape index (κ2) is 5.00. The van der Waals surface area contributed by atoms with Gasteiger partial charge in [0.1, 0.15) is 5.78 Å². The summed E-state index contributed by atoms with van der Waals surface area (Å²) in [7, 11) is 0. The normalized spacial score (nSPS) is 10.5. The second-order valence-electron chi connectivity index (χ2n) is 4.32. The van der Waals surface area contributed by atoms with Gasteiger partial charge in [0.05, 0.1) is 5.56 Å². The molecule has 1 N–H and O–H groups in total. The number of rotatable bonds is 4. The molecule has 0 fully saturated rings. The van der Waals surface area contributed by atoms with E-state index in [4.69, 9.17) is 0 Å². The van der Waals surface area contributed by atoms with Crippen LogP contribution in [0.4, 0.5) is 0 Å². The lowest BCUT2D eigenvalue weighted by Crippen LogP contribution is -2.05. The van der Waals surface area contributed by atoms with Crippen molar-refractivity contribution in [2.45, 2.75) is 19.8 Å². The van der Waals surface area contributed by atoms with E-state index in [0.29, 0.717) is 12.8 Å². The number of carbonyl (C=O) groups is 2. The lowest BCUT2D eigenvalue weighted by Gasteiger charge is -2.09. The van der Waals surface area contributed by atoms with E-state index in [1.165, 1.54) is 6.92 Å². The quantitative estimate of drug-likeness (QED) is 0.896. The molecule has 2 aromatic carbocycles. The van der Waals surface area contributed by atoms with Crippen LogP contribution in [0, 0.1) is 0 Å². The van der Waals surface area contributed by atoms with E-state index in [9.17, 15) is 14.7 Å². The van der Waals surface area contributed by atoms with Crippen LogP contribution < -0.4 is 0 Å². The number of aromatic carboxylic acids is 1. The molecule has 0 radical (unpaired) electrons. The Labute approximate surface area is 105 Å². The van der Waals surface area contributed by atoms with E-state index in [1.54, 1.807) is 12.1 Å². The van der Waals surface area contributed by atoms with E-state index in [0.717, 1.165) is 16.3 Å². The molecule has 2 rings (SSSR count). The zero-order valence-corrected chi connectivity index (χ0v) is 10.1. The number of Topliss-reactive ketones (excluding diaryl/α,β-unsaturated/α-hetero) is 1. The Balaban J connectivity index is 2.58. The van der Waals surface area contributed by atoms with Crippen LogP contribution >= 0.6 is 0 Å². The predicted molar refractivity (Wildman–Crippen MR) is 69.9 cm³/mol. The molecule has 18 heavy (non-hydrogen) atoms. The zero-order chi connectivity index (χ0) is 13.1. The molecule has 0 bridgehead atoms. The molecule has 0 saturated carbocycles. The number of benzene rings is 2. The van der Waals surface area contributed by atoms with Crippen LogP contribution in [0.1, 0.15) is 29.3 Å². The smallest absolute Gasteiger partial charge is 0.335 e. The molecule has 0 aliphatic carbocycles. The first-order chi connectivity index (χ1) is 8.59. The molecule has 0 heterocycles. The topological polar surface area (TPSA) is 54.4 Å². The Kier molecular flexibility index (Phi) is 3.42. The first kappa shape index (κ1) is 12.3. The molecule has 3 nitrogen and oxygen atoms in total. The Morgan fingerprint density at radius 1 is 1.11 bits per heavy atom. The van der Waals surface area contributed by atoms with Crippen LogP contribution in [0.25, 0.3) is 10.8 Å². The highest BCUT2D eigenvalue weighted by atomic mass is 16.4. The molecule has 0 atom stereocenters. The molecule has 0 spiro atoms. The van der Waals surface area contributed by atoms with Gasteiger partial charge in [-0.25, -0.2) is 4.79 Å². The van der Waals surface area contributed by atoms with Gasteiger partial charge in [-0.15, -0.1) is 0 Å². The molecule has 2 aromatic rings. The van der Waals surface area contributed by atoms with Crippen LogP contribution in [0.5, 0.6) is 0 Å². The van der Waals surface area contributed by atoms with Crippen molar-refractivity contribution < 1.29 is 14.7 Å². The zero-order valence-electron chi connectivity index (χ0n) is 10.1. The third kappa shape index (κ3) is 2.40. The molecule has 0 aromatic heterocycles. The average molecular weight is 242 g/mol. The third-order valence-corrected chi connectivity index (χ3v) is 3.00. The molecule has 92 valence electrons. The van der Waals surface area contributed by atoms with Gasteiger partial charge in [-0.3, -0.25) is 0 Å². The minimum Gasteiger partial charge on any atom is -0.478 e. The fraction of sp³-hybridized carbons (Fsp3) is 0.200. The first-order valence-corrected chi connectivity index (χ1v) is 5.83. The first-order valence-electron chi connectivity index (χ1n) is 5.83. The molecule has 0 unspecified atom stereocenters. The van der Waals surface area contributed by atoms with Gasteiger partial charge in [-0.2, -0.15) is 0 Å². The van der Waals surface area contributed by atoms with E-state index < -0.39 is 5.97 Å². The Morgan fingerprint density at radius 2 is 1.83 bits per heavy atom. The van der Waals surface area contributed by atoms with Crippen molar-refractivity contribution in [3.05, 3.63) is 47.5 Å². The molecule has 0 aliphatic heterocycles. The lowest BCUT2D eigenvalue weighted by atomic mass is 9.95. The SMILES string of the molecule is CC(=O)CCc1c(C(=O)O)ccc2ccccc12. The van der Waals surface area contributed by atoms with Crippen molar-refractivity contribution in [2.75, 3.05) is 0 Å². The van der Waals surface area contributed by atoms with E-state index in [-0.39, 0.29) is 11.3 Å². The monoisotopic (exact) mass is 242 g/mol. The van der Waals surface area contributed by atoms with Crippen molar-refractivity contribution in [3.63, 3.8) is 0 Å². The highest BCUT2D eigenvalue weighted by Crippen LogP contribution is 2.24. The van der Waals surface area contributed by atoms with Gasteiger partial charge < -0.3 is 9.90 Å². The van der Waals surface area contributed by atoms with E-state index >= 15 is 0 Å². The average Bonchev–Trinajstić information content (AvgIpc) is 2.35. The van der Waals surface area contributed by atoms with Gasteiger partial charge in [0.2, 0.25) is 0 Å². The third-order valence-electron chi connectivity index (χ3n) is 3.00. The summed E-state index contributed by atoms with van der Waals surface area (Å²) in [6, 6.07) is 11.1. The number of ketones is 1. The summed E-state index contributed by atoms with van der Waals surface area (Å²) in [6.07, 6.45) is 0.840. The lowest BCUT2D eigenvalue weighted by molar-refractivity contribution is -0.116. The van der Waals surface area contributed by atoms with Crippen molar-refractivity contribution in [2.24, 2.45) is 0 Å². The Morgan fingerprint density at radius 3 is 2.50 bits per heavy atom. The molecule has 0 saturated heterocycles. The molecular weight excluding hydrogens is 228 g/mol. The van der Waals surface area contributed by atoms with Crippen LogP contribution in [-0.2, 0) is 11.2 Å². The number of fused-ring (bicyclic) bond motifs is 1. The maximum absolute atomic E-state index is 11.2. The van der Waals surface area contributed by atoms with Crippen molar-refractivity contribution in [1.82, 2.24) is 0 Å². The molecule has 0 amide bonds. The minimum atomic E-state index is -0.945. The fourth-order valence-corrected chi connectivity index (χ4v) is 2.11. The second-order valence-corrected chi connectivity index (χ2v) is 4.32. The summed E-state index contributed by atoms with van der Waals surface area (Å²) in [6.45, 7) is 1.52. The molecular formula is C15H14O3. The van der Waals surface area contributed by atoms with Gasteiger partial charge in [-0.1, -0.05) is 30.3 Å². The highest BCUT2D eigenvalue weighted by molar-refractivity contribution is 5.98. The summed E-state index contributed by atoms with van der Waals surface area (Å²) in [4.78, 5) is 22.3. The van der Waals surface area contributed by atoms with Gasteiger partial charge in [0, 0.05) is 6.42 Å². The number of hydrogen-bond acceptors (Lipinski definition) is 2. The summed E-state index contributed by atoms with van der Waals surface area (Å²) < 4.78 is 0. The number of carbonyl (C=O) groups excluding carboxylic acids is 1. The summed E-state index contributed by atoms with van der Waals surface area (Å²) in [5, 5.41) is 11.1. The summed E-state index contributed by atoms with van der Waals surface area (Å²) >= 11 is 0. The van der Waals surface area contributed by atoms with Crippen molar-refractivity contribution in [1.29, 1.82) is 0 Å². The van der Waals surface area contributed by atoms with Crippen LogP contribution in [0.3, 0.4) is 0 Å². The molecule has 3 heteroatoms. The summed E-state index contributed by atoms with van der Waals surface area (Å²) in [5.74, 6) is -0.876.